The predicted octanol–water partition coefficient (Wildman–Crippen LogP) is 6.44. The minimum absolute atomic E-state index is 0.0897. The van der Waals surface area contributed by atoms with Crippen LogP contribution in [0.1, 0.15) is 29.3 Å². The molecule has 3 N–H and O–H groups in total. The fourth-order valence-corrected chi connectivity index (χ4v) is 4.71. The van der Waals surface area contributed by atoms with Crippen molar-refractivity contribution in [3.8, 4) is 22.9 Å². The monoisotopic (exact) mass is 563 g/mol. The number of benzene rings is 3. The molecule has 0 radical (unpaired) electrons. The van der Waals surface area contributed by atoms with Gasteiger partial charge in [0.05, 0.1) is 23.5 Å². The third kappa shape index (κ3) is 5.28. The molecule has 0 aliphatic heterocycles. The summed E-state index contributed by atoms with van der Waals surface area (Å²) in [7, 11) is 1.36. The molecule has 9 heteroatoms. The molecule has 0 aliphatic carbocycles. The number of aliphatic hydroxyl groups is 1. The summed E-state index contributed by atoms with van der Waals surface area (Å²) in [6.07, 6.45) is 3.16. The van der Waals surface area contributed by atoms with Crippen molar-refractivity contribution < 1.29 is 23.8 Å². The molecule has 7 nitrogen and oxygen atoms in total. The number of rotatable bonds is 8. The van der Waals surface area contributed by atoms with Gasteiger partial charge in [0.15, 0.2) is 11.6 Å². The van der Waals surface area contributed by atoms with Gasteiger partial charge in [0, 0.05) is 35.2 Å². The highest BCUT2D eigenvalue weighted by atomic mass is 79.9. The van der Waals surface area contributed by atoms with Crippen molar-refractivity contribution in [2.45, 2.75) is 18.9 Å². The van der Waals surface area contributed by atoms with Gasteiger partial charge in [-0.1, -0.05) is 36.4 Å². The number of nitrogens with one attached hydrogen (secondary N) is 2. The average molecular weight is 564 g/mol. The van der Waals surface area contributed by atoms with E-state index in [1.165, 1.54) is 13.2 Å². The Bertz CT molecular complexity index is 1580. The molecule has 37 heavy (non-hydrogen) atoms. The van der Waals surface area contributed by atoms with E-state index in [1.54, 1.807) is 30.6 Å². The summed E-state index contributed by atoms with van der Waals surface area (Å²) in [6, 6.07) is 17.8. The number of H-pyrrole nitrogens is 2. The van der Waals surface area contributed by atoms with E-state index < -0.39 is 11.9 Å². The second kappa shape index (κ2) is 10.6. The van der Waals surface area contributed by atoms with Gasteiger partial charge >= 0.3 is 5.97 Å². The number of imidazole rings is 1. The minimum atomic E-state index is -0.933. The number of aromatic nitrogens is 3. The maximum atomic E-state index is 14.7. The van der Waals surface area contributed by atoms with Crippen LogP contribution in [0.5, 0.6) is 11.5 Å². The third-order valence-electron chi connectivity index (χ3n) is 6.03. The number of hydrogen-bond donors (Lipinski definition) is 3. The van der Waals surface area contributed by atoms with E-state index in [0.29, 0.717) is 44.8 Å². The largest absolute Gasteiger partial charge is 0.469 e. The molecule has 0 aliphatic rings. The number of fused-ring (bicyclic) bond motifs is 1. The summed E-state index contributed by atoms with van der Waals surface area (Å²) in [5.74, 6) is 0.276. The smallest absolute Gasteiger partial charge is 0.305 e. The number of hydrogen-bond acceptors (Lipinski definition) is 5. The molecule has 5 rings (SSSR count). The standard InChI is InChI=1S/C28H23BrFN3O4/c1-36-24(34)9-8-16-4-2-5-17(12-16)26(35)23-15-32-28(33-23)18-6-3-7-19(13-18)37-27-21(30)14-22-20(25(27)29)10-11-31-22/h2-7,10-15,26,31,35H,8-9H2,1H3,(H,32,33). The first-order valence-corrected chi connectivity index (χ1v) is 12.3. The number of methoxy groups -OCH3 is 1. The zero-order chi connectivity index (χ0) is 25.9. The number of aliphatic hydroxyl groups excluding tert-OH is 1. The first-order valence-electron chi connectivity index (χ1n) is 11.5. The highest BCUT2D eigenvalue weighted by Crippen LogP contribution is 2.38. The molecule has 0 spiro atoms. The van der Waals surface area contributed by atoms with Gasteiger partial charge in [-0.25, -0.2) is 9.37 Å². The van der Waals surface area contributed by atoms with Gasteiger partial charge in [-0.05, 0) is 51.7 Å². The van der Waals surface area contributed by atoms with Crippen LogP contribution >= 0.6 is 15.9 Å². The predicted molar refractivity (Wildman–Crippen MR) is 141 cm³/mol. The Morgan fingerprint density at radius 3 is 2.84 bits per heavy atom. The molecule has 3 aromatic carbocycles. The number of aryl methyl sites for hydroxylation is 1. The number of carbonyl (C=O) groups is 1. The highest BCUT2D eigenvalue weighted by molar-refractivity contribution is 9.10. The van der Waals surface area contributed by atoms with Crippen LogP contribution in [-0.2, 0) is 16.0 Å². The van der Waals surface area contributed by atoms with Crippen molar-refractivity contribution >= 4 is 32.8 Å². The maximum Gasteiger partial charge on any atom is 0.305 e. The van der Waals surface area contributed by atoms with Crippen LogP contribution in [0.2, 0.25) is 0 Å². The fraction of sp³-hybridized carbons (Fsp3) is 0.143. The van der Waals surface area contributed by atoms with E-state index in [9.17, 15) is 14.3 Å². The topological polar surface area (TPSA) is 100 Å². The number of ether oxygens (including phenoxy) is 2. The number of carbonyl (C=O) groups excluding carboxylic acids is 1. The average Bonchev–Trinajstić information content (AvgIpc) is 3.60. The van der Waals surface area contributed by atoms with E-state index in [1.807, 2.05) is 36.4 Å². The Morgan fingerprint density at radius 2 is 2.00 bits per heavy atom. The lowest BCUT2D eigenvalue weighted by Crippen LogP contribution is -2.04. The fourth-order valence-electron chi connectivity index (χ4n) is 4.10. The van der Waals surface area contributed by atoms with Crippen LogP contribution in [0.3, 0.4) is 0 Å². The summed E-state index contributed by atoms with van der Waals surface area (Å²) >= 11 is 3.45. The zero-order valence-electron chi connectivity index (χ0n) is 19.8. The molecule has 0 fully saturated rings. The van der Waals surface area contributed by atoms with E-state index in [-0.39, 0.29) is 18.1 Å². The maximum absolute atomic E-state index is 14.7. The van der Waals surface area contributed by atoms with Crippen molar-refractivity contribution in [3.05, 3.63) is 100 Å². The number of aromatic amines is 2. The molecular weight excluding hydrogens is 541 g/mol. The van der Waals surface area contributed by atoms with Crippen LogP contribution in [0.25, 0.3) is 22.3 Å². The molecule has 0 bridgehead atoms. The van der Waals surface area contributed by atoms with Gasteiger partial charge < -0.3 is 24.5 Å². The summed E-state index contributed by atoms with van der Waals surface area (Å²) in [6.45, 7) is 0. The molecular formula is C28H23BrFN3O4. The Kier molecular flexibility index (Phi) is 7.07. The van der Waals surface area contributed by atoms with Gasteiger partial charge in [0.25, 0.3) is 0 Å². The van der Waals surface area contributed by atoms with Crippen LogP contribution < -0.4 is 4.74 Å². The summed E-state index contributed by atoms with van der Waals surface area (Å²) in [5, 5.41) is 11.8. The second-order valence-corrected chi connectivity index (χ2v) is 9.27. The number of nitrogens with zero attached hydrogens (tertiary/aromatic N) is 1. The SMILES string of the molecule is COC(=O)CCc1cccc(C(O)c2cnc(-c3cccc(Oc4c(F)cc5[nH]ccc5c4Br)c3)[nH]2)c1. The molecule has 1 unspecified atom stereocenters. The Morgan fingerprint density at radius 1 is 1.16 bits per heavy atom. The van der Waals surface area contributed by atoms with Gasteiger partial charge in [-0.15, -0.1) is 0 Å². The summed E-state index contributed by atoms with van der Waals surface area (Å²) < 4.78 is 25.8. The van der Waals surface area contributed by atoms with Crippen molar-refractivity contribution in [1.82, 2.24) is 15.0 Å². The van der Waals surface area contributed by atoms with Crippen LogP contribution in [0.4, 0.5) is 4.39 Å². The first-order chi connectivity index (χ1) is 17.9. The van der Waals surface area contributed by atoms with E-state index in [4.69, 9.17) is 9.47 Å². The van der Waals surface area contributed by atoms with Crippen LogP contribution in [0, 0.1) is 5.82 Å². The van der Waals surface area contributed by atoms with Gasteiger partial charge in [-0.2, -0.15) is 0 Å². The van der Waals surface area contributed by atoms with Gasteiger partial charge in [0.2, 0.25) is 0 Å². The number of esters is 1. The third-order valence-corrected chi connectivity index (χ3v) is 6.82. The normalized spacial score (nSPS) is 12.0. The van der Waals surface area contributed by atoms with Crippen molar-refractivity contribution in [3.63, 3.8) is 0 Å². The van der Waals surface area contributed by atoms with Crippen LogP contribution in [0.15, 0.2) is 77.5 Å². The lowest BCUT2D eigenvalue weighted by atomic mass is 10.0. The van der Waals surface area contributed by atoms with Crippen molar-refractivity contribution in [1.29, 1.82) is 0 Å². The molecule has 0 amide bonds. The van der Waals surface area contributed by atoms with E-state index in [0.717, 1.165) is 10.9 Å². The molecule has 1 atom stereocenters. The van der Waals surface area contributed by atoms with Gasteiger partial charge in [-0.3, -0.25) is 4.79 Å². The molecule has 2 heterocycles. The lowest BCUT2D eigenvalue weighted by Gasteiger charge is -2.11. The Labute approximate surface area is 220 Å². The van der Waals surface area contributed by atoms with Crippen LogP contribution in [-0.4, -0.2) is 33.1 Å². The minimum Gasteiger partial charge on any atom is -0.469 e. The highest BCUT2D eigenvalue weighted by Gasteiger charge is 2.17. The lowest BCUT2D eigenvalue weighted by molar-refractivity contribution is -0.140. The quantitative estimate of drug-likeness (QED) is 0.189. The molecule has 188 valence electrons. The molecule has 0 saturated carbocycles. The van der Waals surface area contributed by atoms with Crippen molar-refractivity contribution in [2.75, 3.05) is 7.11 Å². The summed E-state index contributed by atoms with van der Waals surface area (Å²) in [5.41, 5.74) is 3.49. The van der Waals surface area contributed by atoms with E-state index >= 15 is 0 Å². The Hall–Kier alpha value is -3.95. The van der Waals surface area contributed by atoms with E-state index in [2.05, 4.69) is 30.9 Å². The van der Waals surface area contributed by atoms with Crippen molar-refractivity contribution in [2.24, 2.45) is 0 Å². The molecule has 5 aromatic rings. The zero-order valence-corrected chi connectivity index (χ0v) is 21.4. The number of halogens is 2. The first kappa shape index (κ1) is 24.7. The Balaban J connectivity index is 1.35. The van der Waals surface area contributed by atoms with Gasteiger partial charge in [0.1, 0.15) is 17.7 Å². The second-order valence-electron chi connectivity index (χ2n) is 8.48. The molecule has 2 aromatic heterocycles. The molecule has 0 saturated heterocycles. The summed E-state index contributed by atoms with van der Waals surface area (Å²) in [4.78, 5) is 22.0.